The van der Waals surface area contributed by atoms with Crippen LogP contribution >= 0.6 is 0 Å². The third kappa shape index (κ3) is 11.8. The smallest absolute Gasteiger partial charge is 0.434 e. The maximum atomic E-state index is 12.3. The minimum atomic E-state index is -0.551. The lowest BCUT2D eigenvalue weighted by Gasteiger charge is -2.19. The summed E-state index contributed by atoms with van der Waals surface area (Å²) < 4.78 is 10.9. The van der Waals surface area contributed by atoms with E-state index in [1.165, 1.54) is 59.1 Å². The van der Waals surface area contributed by atoms with Gasteiger partial charge < -0.3 is 9.47 Å². The van der Waals surface area contributed by atoms with E-state index in [9.17, 15) is 4.79 Å². The van der Waals surface area contributed by atoms with Gasteiger partial charge in [-0.2, -0.15) is 0 Å². The summed E-state index contributed by atoms with van der Waals surface area (Å²) in [4.78, 5) is 12.3. The van der Waals surface area contributed by atoms with E-state index < -0.39 is 6.16 Å². The molecule has 0 spiro atoms. The summed E-state index contributed by atoms with van der Waals surface area (Å²) >= 11 is 0. The maximum Gasteiger partial charge on any atom is 0.508 e. The fourth-order valence-corrected chi connectivity index (χ4v) is 6.27. The maximum absolute atomic E-state index is 12.3. The third-order valence-electron chi connectivity index (χ3n) is 9.02. The average molecular weight is 619 g/mol. The van der Waals surface area contributed by atoms with Crippen molar-refractivity contribution >= 4 is 6.16 Å². The van der Waals surface area contributed by atoms with Crippen LogP contribution in [-0.2, 0) is 22.3 Å². The molecule has 4 rings (SSSR count). The van der Waals surface area contributed by atoms with E-state index in [4.69, 9.17) is 9.47 Å². The molecule has 0 bridgehead atoms. The first-order valence-electron chi connectivity index (χ1n) is 17.7. The highest BCUT2D eigenvalue weighted by Crippen LogP contribution is 2.31. The number of carbonyl (C=O) groups excluding carboxylic acids is 1. The Bertz CT molecular complexity index is 1260. The van der Waals surface area contributed by atoms with Gasteiger partial charge in [0.25, 0.3) is 0 Å². The number of ether oxygens (including phenoxy) is 2. The number of hydrogen-bond donors (Lipinski definition) is 0. The summed E-state index contributed by atoms with van der Waals surface area (Å²) in [6, 6.07) is 39.8. The van der Waals surface area contributed by atoms with Crippen molar-refractivity contribution in [3.63, 3.8) is 0 Å². The van der Waals surface area contributed by atoms with Crippen molar-refractivity contribution in [1.82, 2.24) is 0 Å². The van der Waals surface area contributed by atoms with E-state index >= 15 is 0 Å². The van der Waals surface area contributed by atoms with Crippen LogP contribution in [0.2, 0.25) is 0 Å². The van der Waals surface area contributed by atoms with Gasteiger partial charge in [-0.15, -0.1) is 0 Å². The van der Waals surface area contributed by atoms with Gasteiger partial charge in [-0.05, 0) is 97.6 Å². The van der Waals surface area contributed by atoms with Crippen molar-refractivity contribution in [2.24, 2.45) is 0 Å². The Hall–Kier alpha value is -3.85. The van der Waals surface area contributed by atoms with Gasteiger partial charge in [0.05, 0.1) is 13.2 Å². The number of carbonyl (C=O) groups is 1. The number of hydrogen-bond acceptors (Lipinski definition) is 3. The highest BCUT2D eigenvalue weighted by atomic mass is 16.7. The van der Waals surface area contributed by atoms with Gasteiger partial charge in [-0.1, -0.05) is 136 Å². The van der Waals surface area contributed by atoms with Gasteiger partial charge in [-0.3, -0.25) is 0 Å². The number of rotatable bonds is 20. The molecule has 0 N–H and O–H groups in total. The summed E-state index contributed by atoms with van der Waals surface area (Å²) in [6.07, 6.45) is 12.2. The second kappa shape index (κ2) is 20.3. The molecular formula is C43H54O3. The average Bonchev–Trinajstić information content (AvgIpc) is 3.11. The monoisotopic (exact) mass is 618 g/mol. The van der Waals surface area contributed by atoms with Crippen molar-refractivity contribution in [3.8, 4) is 0 Å². The minimum Gasteiger partial charge on any atom is -0.434 e. The molecule has 0 aliphatic carbocycles. The molecule has 0 aliphatic heterocycles. The van der Waals surface area contributed by atoms with Crippen molar-refractivity contribution in [1.29, 1.82) is 0 Å². The number of aryl methyl sites for hydroxylation is 2. The number of benzene rings is 4. The van der Waals surface area contributed by atoms with Crippen molar-refractivity contribution < 1.29 is 14.3 Å². The standard InChI is InChI=1S/C43H54O3/c1-3-5-17-35-25-29-39(30-26-35)41(37-19-9-7-10-20-37)23-13-15-33-45-43(44)46-34-16-14-24-42(38-21-11-8-12-22-38)40-31-27-36(28-32-40)18-6-4-2/h7-12,19-22,25-32,41-42H,3-6,13-18,23-24,33-34H2,1-2H3. The zero-order valence-corrected chi connectivity index (χ0v) is 28.2. The molecule has 0 amide bonds. The Kier molecular flexibility index (Phi) is 15.5. The zero-order valence-electron chi connectivity index (χ0n) is 28.2. The van der Waals surface area contributed by atoms with Gasteiger partial charge in [-0.25, -0.2) is 4.79 Å². The van der Waals surface area contributed by atoms with Crippen molar-refractivity contribution in [3.05, 3.63) is 143 Å². The van der Waals surface area contributed by atoms with Gasteiger partial charge >= 0.3 is 6.16 Å². The largest absolute Gasteiger partial charge is 0.508 e. The molecule has 2 unspecified atom stereocenters. The fourth-order valence-electron chi connectivity index (χ4n) is 6.27. The Morgan fingerprint density at radius 3 is 1.22 bits per heavy atom. The Morgan fingerprint density at radius 2 is 0.848 bits per heavy atom. The molecule has 0 saturated heterocycles. The normalized spacial score (nSPS) is 12.4. The molecule has 0 fully saturated rings. The van der Waals surface area contributed by atoms with Crippen LogP contribution in [0.25, 0.3) is 0 Å². The number of unbranched alkanes of at least 4 members (excludes halogenated alkanes) is 4. The molecule has 4 aromatic rings. The molecule has 2 atom stereocenters. The lowest BCUT2D eigenvalue weighted by molar-refractivity contribution is 0.0528. The minimum absolute atomic E-state index is 0.340. The van der Waals surface area contributed by atoms with E-state index in [1.807, 2.05) is 0 Å². The van der Waals surface area contributed by atoms with Crippen molar-refractivity contribution in [2.45, 2.75) is 103 Å². The molecule has 4 aromatic carbocycles. The first kappa shape index (κ1) is 35.0. The van der Waals surface area contributed by atoms with Gasteiger partial charge in [0, 0.05) is 11.8 Å². The molecule has 244 valence electrons. The first-order valence-corrected chi connectivity index (χ1v) is 17.7. The predicted molar refractivity (Wildman–Crippen MR) is 192 cm³/mol. The lowest BCUT2D eigenvalue weighted by atomic mass is 9.86. The summed E-state index contributed by atoms with van der Waals surface area (Å²) in [6.45, 7) is 5.25. The first-order chi connectivity index (χ1) is 22.7. The van der Waals surface area contributed by atoms with Gasteiger partial charge in [0.2, 0.25) is 0 Å². The molecular weight excluding hydrogens is 564 g/mol. The fraction of sp³-hybridized carbons (Fsp3) is 0.419. The van der Waals surface area contributed by atoms with Crippen LogP contribution in [-0.4, -0.2) is 19.4 Å². The molecule has 46 heavy (non-hydrogen) atoms. The van der Waals surface area contributed by atoms with E-state index in [2.05, 4.69) is 123 Å². The Balaban J connectivity index is 1.17. The lowest BCUT2D eigenvalue weighted by Crippen LogP contribution is -2.10. The van der Waals surface area contributed by atoms with Gasteiger partial charge in [0.1, 0.15) is 0 Å². The molecule has 0 radical (unpaired) electrons. The van der Waals surface area contributed by atoms with Gasteiger partial charge in [0.15, 0.2) is 0 Å². The van der Waals surface area contributed by atoms with Crippen LogP contribution in [0, 0.1) is 0 Å². The van der Waals surface area contributed by atoms with E-state index in [0.717, 1.165) is 51.4 Å². The second-order valence-electron chi connectivity index (χ2n) is 12.6. The van der Waals surface area contributed by atoms with Crippen LogP contribution in [0.3, 0.4) is 0 Å². The summed E-state index contributed by atoms with van der Waals surface area (Å²) in [5.74, 6) is 0.680. The highest BCUT2D eigenvalue weighted by Gasteiger charge is 2.16. The molecule has 3 heteroatoms. The zero-order chi connectivity index (χ0) is 32.2. The van der Waals surface area contributed by atoms with Crippen LogP contribution in [0.15, 0.2) is 109 Å². The molecule has 0 aliphatic rings. The van der Waals surface area contributed by atoms with Crippen LogP contribution in [0.5, 0.6) is 0 Å². The van der Waals surface area contributed by atoms with E-state index in [0.29, 0.717) is 25.0 Å². The Labute approximate surface area is 278 Å². The predicted octanol–water partition coefficient (Wildman–Crippen LogP) is 11.8. The third-order valence-corrected chi connectivity index (χ3v) is 9.02. The SMILES string of the molecule is CCCCc1ccc(C(CCCCOC(=O)OCCCCC(c2ccccc2)c2ccc(CCCC)cc2)c2ccccc2)cc1. The Morgan fingerprint density at radius 1 is 0.478 bits per heavy atom. The summed E-state index contributed by atoms with van der Waals surface area (Å²) in [5.41, 5.74) is 8.20. The molecule has 0 heterocycles. The quantitative estimate of drug-likeness (QED) is 0.0730. The highest BCUT2D eigenvalue weighted by molar-refractivity contribution is 5.59. The van der Waals surface area contributed by atoms with E-state index in [1.54, 1.807) is 0 Å². The molecule has 0 aromatic heterocycles. The van der Waals surface area contributed by atoms with E-state index in [-0.39, 0.29) is 0 Å². The van der Waals surface area contributed by atoms with Crippen LogP contribution < -0.4 is 0 Å². The molecule has 3 nitrogen and oxygen atoms in total. The summed E-state index contributed by atoms with van der Waals surface area (Å²) in [7, 11) is 0. The summed E-state index contributed by atoms with van der Waals surface area (Å²) in [5, 5.41) is 0. The second-order valence-corrected chi connectivity index (χ2v) is 12.6. The van der Waals surface area contributed by atoms with Crippen LogP contribution in [0.1, 0.15) is 123 Å². The van der Waals surface area contributed by atoms with Crippen molar-refractivity contribution in [2.75, 3.05) is 13.2 Å². The topological polar surface area (TPSA) is 35.5 Å². The molecule has 0 saturated carbocycles. The van der Waals surface area contributed by atoms with Crippen LogP contribution in [0.4, 0.5) is 4.79 Å².